The van der Waals surface area contributed by atoms with Crippen molar-refractivity contribution in [3.05, 3.63) is 53.6 Å². The summed E-state index contributed by atoms with van der Waals surface area (Å²) in [5.41, 5.74) is 7.44. The van der Waals surface area contributed by atoms with Gasteiger partial charge in [0, 0.05) is 31.1 Å². The van der Waals surface area contributed by atoms with Crippen LogP contribution in [-0.4, -0.2) is 59.0 Å². The number of hydrogen-bond donors (Lipinski definition) is 4. The molecular formula is C21H24Cl2N8O2. The van der Waals surface area contributed by atoms with Crippen LogP contribution in [0.15, 0.2) is 43.3 Å². The van der Waals surface area contributed by atoms with E-state index >= 15 is 0 Å². The molecule has 3 aromatic heterocycles. The van der Waals surface area contributed by atoms with Crippen LogP contribution in [-0.2, 0) is 0 Å². The quantitative estimate of drug-likeness (QED) is 0.312. The van der Waals surface area contributed by atoms with Crippen molar-refractivity contribution in [2.45, 2.75) is 24.9 Å². The van der Waals surface area contributed by atoms with Gasteiger partial charge in [0.25, 0.3) is 0 Å². The molecule has 5 rings (SSSR count). The maximum absolute atomic E-state index is 9.12. The Bertz CT molecular complexity index is 1170. The number of nitrogen functional groups attached to an aromatic ring is 1. The second kappa shape index (κ2) is 10.4. The van der Waals surface area contributed by atoms with E-state index in [1.807, 2.05) is 22.8 Å². The molecule has 2 aliphatic carbocycles. The van der Waals surface area contributed by atoms with Gasteiger partial charge in [0.15, 0.2) is 21.8 Å². The maximum atomic E-state index is 9.12. The lowest BCUT2D eigenvalue weighted by Crippen LogP contribution is -2.18. The summed E-state index contributed by atoms with van der Waals surface area (Å²) in [4.78, 5) is 20.1. The Morgan fingerprint density at radius 3 is 2.33 bits per heavy atom. The fourth-order valence-corrected chi connectivity index (χ4v) is 4.15. The summed E-state index contributed by atoms with van der Waals surface area (Å²) in [7, 11) is 0. The van der Waals surface area contributed by atoms with Gasteiger partial charge in [-0.1, -0.05) is 47.5 Å². The molecule has 3 heterocycles. The summed E-state index contributed by atoms with van der Waals surface area (Å²) >= 11 is 11.7. The van der Waals surface area contributed by atoms with Crippen LogP contribution in [0.5, 0.6) is 0 Å². The summed E-state index contributed by atoms with van der Waals surface area (Å²) in [6.07, 6.45) is 14.3. The van der Waals surface area contributed by atoms with E-state index in [1.165, 1.54) is 12.7 Å². The van der Waals surface area contributed by atoms with Gasteiger partial charge in [0.1, 0.15) is 23.9 Å². The molecule has 3 aromatic rings. The molecule has 5 N–H and O–H groups in total. The predicted octanol–water partition coefficient (Wildman–Crippen LogP) is 2.65. The van der Waals surface area contributed by atoms with Crippen molar-refractivity contribution in [1.29, 1.82) is 0 Å². The molecule has 0 bridgehead atoms. The lowest BCUT2D eigenvalue weighted by Gasteiger charge is -2.14. The van der Waals surface area contributed by atoms with Gasteiger partial charge >= 0.3 is 0 Å². The van der Waals surface area contributed by atoms with E-state index in [-0.39, 0.29) is 42.3 Å². The highest BCUT2D eigenvalue weighted by Crippen LogP contribution is 2.30. The number of imidazole rings is 1. The van der Waals surface area contributed by atoms with Gasteiger partial charge in [-0.2, -0.15) is 0 Å². The SMILES string of the molecule is Nc1c(Cl)ncnc1N[C@@H]1C=C[C@H](CO)C1.OC[C@H]1C=C[C@@H](n2cnc3c(Cl)ncnc32)C1. The summed E-state index contributed by atoms with van der Waals surface area (Å²) in [5, 5.41) is 21.9. The number of aliphatic hydroxyl groups excluding tert-OH is 2. The van der Waals surface area contributed by atoms with E-state index in [0.717, 1.165) is 18.5 Å². The topological polar surface area (TPSA) is 148 Å². The molecular weight excluding hydrogens is 467 g/mol. The zero-order valence-corrected chi connectivity index (χ0v) is 19.1. The largest absolute Gasteiger partial charge is 0.396 e. The van der Waals surface area contributed by atoms with Crippen LogP contribution in [0.25, 0.3) is 11.2 Å². The van der Waals surface area contributed by atoms with Gasteiger partial charge in [-0.3, -0.25) is 0 Å². The number of aromatic nitrogens is 6. The standard InChI is InChI=1S/C11H11ClN4O.C10H13ClN4O/c12-10-9-11(14-5-13-10)16(6-15-9)8-2-1-7(3-8)4-17;11-9-8(12)10(14-5-13-9)15-7-2-1-6(3-7)4-16/h1-2,5-8,17H,3-4H2;1-2,5-7,16H,3-4,12H2,(H,13,14,15)/t7-,8+;6-,7+/m00/s1. The Morgan fingerprint density at radius 2 is 1.61 bits per heavy atom. The van der Waals surface area contributed by atoms with Crippen LogP contribution in [0, 0.1) is 11.8 Å². The normalized spacial score (nSPS) is 23.6. The first-order chi connectivity index (χ1) is 16.0. The van der Waals surface area contributed by atoms with Crippen molar-refractivity contribution in [1.82, 2.24) is 29.5 Å². The molecule has 4 atom stereocenters. The van der Waals surface area contributed by atoms with Gasteiger partial charge < -0.3 is 25.8 Å². The summed E-state index contributed by atoms with van der Waals surface area (Å²) in [6.45, 7) is 0.337. The van der Waals surface area contributed by atoms with Crippen LogP contribution in [0.4, 0.5) is 11.5 Å². The molecule has 2 aliphatic rings. The first-order valence-electron chi connectivity index (χ1n) is 10.4. The lowest BCUT2D eigenvalue weighted by atomic mass is 10.1. The molecule has 0 radical (unpaired) electrons. The highest BCUT2D eigenvalue weighted by atomic mass is 35.5. The minimum absolute atomic E-state index is 0.130. The number of halogens is 2. The lowest BCUT2D eigenvalue weighted by molar-refractivity contribution is 0.244. The van der Waals surface area contributed by atoms with Crippen molar-refractivity contribution >= 4 is 45.9 Å². The minimum atomic E-state index is 0.130. The summed E-state index contributed by atoms with van der Waals surface area (Å²) in [6, 6.07) is 0.313. The number of hydrogen-bond acceptors (Lipinski definition) is 9. The summed E-state index contributed by atoms with van der Waals surface area (Å²) in [5.74, 6) is 0.957. The molecule has 0 saturated heterocycles. The van der Waals surface area contributed by atoms with Crippen molar-refractivity contribution in [3.8, 4) is 0 Å². The average Bonchev–Trinajstić information content (AvgIpc) is 3.57. The zero-order chi connectivity index (χ0) is 23.4. The third-order valence-electron chi connectivity index (χ3n) is 5.62. The van der Waals surface area contributed by atoms with Crippen molar-refractivity contribution in [3.63, 3.8) is 0 Å². The van der Waals surface area contributed by atoms with Crippen LogP contribution in [0.2, 0.25) is 10.3 Å². The van der Waals surface area contributed by atoms with Gasteiger partial charge in [-0.05, 0) is 12.8 Å². The molecule has 12 heteroatoms. The number of allylic oxidation sites excluding steroid dienone is 1. The second-order valence-electron chi connectivity index (χ2n) is 7.86. The minimum Gasteiger partial charge on any atom is -0.396 e. The number of rotatable bonds is 5. The fourth-order valence-electron chi connectivity index (χ4n) is 3.84. The van der Waals surface area contributed by atoms with Gasteiger partial charge in [0.05, 0.1) is 12.4 Å². The molecule has 0 aliphatic heterocycles. The van der Waals surface area contributed by atoms with E-state index in [9.17, 15) is 0 Å². The van der Waals surface area contributed by atoms with E-state index in [4.69, 9.17) is 39.1 Å². The van der Waals surface area contributed by atoms with Crippen LogP contribution >= 0.6 is 23.2 Å². The average molecular weight is 491 g/mol. The van der Waals surface area contributed by atoms with Crippen LogP contribution in [0.3, 0.4) is 0 Å². The van der Waals surface area contributed by atoms with E-state index in [0.29, 0.717) is 22.2 Å². The number of nitrogens with one attached hydrogen (secondary N) is 1. The Morgan fingerprint density at radius 1 is 0.909 bits per heavy atom. The van der Waals surface area contributed by atoms with Gasteiger partial charge in [-0.25, -0.2) is 24.9 Å². The second-order valence-corrected chi connectivity index (χ2v) is 8.58. The molecule has 0 saturated carbocycles. The number of anilines is 2. The van der Waals surface area contributed by atoms with Crippen LogP contribution in [0.1, 0.15) is 18.9 Å². The highest BCUT2D eigenvalue weighted by molar-refractivity contribution is 6.33. The van der Waals surface area contributed by atoms with Crippen molar-refractivity contribution in [2.24, 2.45) is 11.8 Å². The third-order valence-corrected chi connectivity index (χ3v) is 6.20. The van der Waals surface area contributed by atoms with Gasteiger partial charge in [0.2, 0.25) is 0 Å². The molecule has 0 spiro atoms. The molecule has 0 aromatic carbocycles. The van der Waals surface area contributed by atoms with E-state index in [1.54, 1.807) is 6.33 Å². The Balaban J connectivity index is 0.000000157. The van der Waals surface area contributed by atoms with Crippen molar-refractivity contribution < 1.29 is 10.2 Å². The first kappa shape index (κ1) is 23.4. The maximum Gasteiger partial charge on any atom is 0.165 e. The number of nitrogens with two attached hydrogens (primary N) is 1. The van der Waals surface area contributed by atoms with Crippen LogP contribution < -0.4 is 11.1 Å². The molecule has 0 unspecified atom stereocenters. The van der Waals surface area contributed by atoms with Gasteiger partial charge in [-0.15, -0.1) is 0 Å². The first-order valence-corrected chi connectivity index (χ1v) is 11.2. The monoisotopic (exact) mass is 490 g/mol. The molecule has 174 valence electrons. The highest BCUT2D eigenvalue weighted by Gasteiger charge is 2.22. The number of fused-ring (bicyclic) bond motifs is 1. The third kappa shape index (κ3) is 5.25. The smallest absolute Gasteiger partial charge is 0.165 e. The Hall–Kier alpha value is -2.79. The number of aliphatic hydroxyl groups is 2. The van der Waals surface area contributed by atoms with Crippen molar-refractivity contribution in [2.75, 3.05) is 24.3 Å². The molecule has 0 fully saturated rings. The molecule has 10 nitrogen and oxygen atoms in total. The Labute approximate surface area is 200 Å². The Kier molecular flexibility index (Phi) is 7.39. The predicted molar refractivity (Wildman–Crippen MR) is 127 cm³/mol. The summed E-state index contributed by atoms with van der Waals surface area (Å²) < 4.78 is 1.97. The van der Waals surface area contributed by atoms with E-state index < -0.39 is 0 Å². The molecule has 33 heavy (non-hydrogen) atoms. The fraction of sp³-hybridized carbons (Fsp3) is 0.381. The zero-order valence-electron chi connectivity index (χ0n) is 17.6. The van der Waals surface area contributed by atoms with E-state index in [2.05, 4.69) is 36.3 Å². The molecule has 0 amide bonds. The number of nitrogens with zero attached hydrogens (tertiary/aromatic N) is 6.